The first-order valence-corrected chi connectivity index (χ1v) is 7.23. The topological polar surface area (TPSA) is 50.1 Å². The van der Waals surface area contributed by atoms with Crippen LogP contribution in [0.25, 0.3) is 0 Å². The van der Waals surface area contributed by atoms with E-state index >= 15 is 0 Å². The summed E-state index contributed by atoms with van der Waals surface area (Å²) in [7, 11) is 0. The van der Waals surface area contributed by atoms with Gasteiger partial charge in [0.25, 0.3) is 0 Å². The first kappa shape index (κ1) is 15.3. The van der Waals surface area contributed by atoms with Crippen molar-refractivity contribution in [3.05, 3.63) is 63.1 Å². The number of rotatable bonds is 4. The van der Waals surface area contributed by atoms with Crippen molar-refractivity contribution in [3.63, 3.8) is 0 Å². The Labute approximate surface area is 132 Å². The second kappa shape index (κ2) is 6.55. The molecule has 106 valence electrons. The minimum atomic E-state index is -0.0390. The number of nitrogens with zero attached hydrogens (tertiary/aromatic N) is 1. The zero-order valence-corrected chi connectivity index (χ0v) is 13.4. The molecule has 0 bridgehead atoms. The number of carbonyl (C=O) groups is 1. The minimum absolute atomic E-state index is 0.0390. The number of hydrogen-bond donors (Lipinski definition) is 0. The van der Waals surface area contributed by atoms with Gasteiger partial charge in [0.15, 0.2) is 5.78 Å². The van der Waals surface area contributed by atoms with Gasteiger partial charge >= 0.3 is 0 Å². The van der Waals surface area contributed by atoms with E-state index in [0.29, 0.717) is 23.5 Å². The molecule has 0 radical (unpaired) electrons. The number of nitriles is 1. The minimum Gasteiger partial charge on any atom is -0.488 e. The van der Waals surface area contributed by atoms with Crippen LogP contribution in [-0.2, 0) is 6.61 Å². The molecule has 0 amide bonds. The van der Waals surface area contributed by atoms with Crippen LogP contribution in [0.3, 0.4) is 0 Å². The highest BCUT2D eigenvalue weighted by Gasteiger charge is 2.10. The third-order valence-electron chi connectivity index (χ3n) is 3.18. The van der Waals surface area contributed by atoms with Crippen molar-refractivity contribution in [2.75, 3.05) is 0 Å². The molecule has 2 aromatic carbocycles. The van der Waals surface area contributed by atoms with E-state index in [-0.39, 0.29) is 5.78 Å². The van der Waals surface area contributed by atoms with Crippen LogP contribution in [0, 0.1) is 18.3 Å². The van der Waals surface area contributed by atoms with Crippen molar-refractivity contribution in [1.29, 1.82) is 5.26 Å². The van der Waals surface area contributed by atoms with Gasteiger partial charge < -0.3 is 4.74 Å². The molecule has 21 heavy (non-hydrogen) atoms. The number of halogens is 1. The summed E-state index contributed by atoms with van der Waals surface area (Å²) in [5.41, 5.74) is 3.17. The van der Waals surface area contributed by atoms with Gasteiger partial charge in [-0.05, 0) is 55.3 Å². The summed E-state index contributed by atoms with van der Waals surface area (Å²) in [4.78, 5) is 11.6. The number of carbonyl (C=O) groups excluding carboxylic acids is 1. The van der Waals surface area contributed by atoms with Gasteiger partial charge in [-0.3, -0.25) is 4.79 Å². The summed E-state index contributed by atoms with van der Waals surface area (Å²) in [6.07, 6.45) is 0. The van der Waals surface area contributed by atoms with E-state index in [4.69, 9.17) is 10.00 Å². The van der Waals surface area contributed by atoms with Crippen LogP contribution in [0.15, 0.2) is 40.9 Å². The van der Waals surface area contributed by atoms with Crippen molar-refractivity contribution in [2.24, 2.45) is 0 Å². The lowest BCUT2D eigenvalue weighted by atomic mass is 10.1. The molecule has 2 aromatic rings. The molecule has 0 aromatic heterocycles. The highest BCUT2D eigenvalue weighted by Crippen LogP contribution is 2.25. The number of Topliss-reactive ketones (excluding diaryl/α,β-unsaturated/α-hetero) is 1. The number of hydrogen-bond acceptors (Lipinski definition) is 3. The maximum atomic E-state index is 11.6. The van der Waals surface area contributed by atoms with Crippen molar-refractivity contribution in [1.82, 2.24) is 0 Å². The molecule has 0 unspecified atom stereocenters. The zero-order valence-electron chi connectivity index (χ0n) is 11.8. The van der Waals surface area contributed by atoms with Crippen LogP contribution in [0.4, 0.5) is 0 Å². The lowest BCUT2D eigenvalue weighted by Crippen LogP contribution is -2.03. The molecule has 0 N–H and O–H groups in total. The highest BCUT2D eigenvalue weighted by atomic mass is 79.9. The van der Waals surface area contributed by atoms with E-state index in [1.54, 1.807) is 18.2 Å². The Morgan fingerprint density at radius 1 is 1.29 bits per heavy atom. The van der Waals surface area contributed by atoms with Gasteiger partial charge in [0.2, 0.25) is 0 Å². The van der Waals surface area contributed by atoms with Gasteiger partial charge in [-0.1, -0.05) is 22.0 Å². The van der Waals surface area contributed by atoms with E-state index in [0.717, 1.165) is 15.6 Å². The van der Waals surface area contributed by atoms with Crippen LogP contribution < -0.4 is 4.74 Å². The van der Waals surface area contributed by atoms with E-state index in [2.05, 4.69) is 22.0 Å². The number of ether oxygens (including phenoxy) is 1. The molecule has 2 rings (SSSR count). The van der Waals surface area contributed by atoms with Crippen molar-refractivity contribution < 1.29 is 9.53 Å². The van der Waals surface area contributed by atoms with E-state index < -0.39 is 0 Å². The molecule has 0 aliphatic heterocycles. The third kappa shape index (κ3) is 3.71. The molecule has 4 heteroatoms. The second-order valence-corrected chi connectivity index (χ2v) is 5.65. The smallest absolute Gasteiger partial charge is 0.163 e. The van der Waals surface area contributed by atoms with E-state index in [1.165, 1.54) is 6.92 Å². The Bertz CT molecular complexity index is 732. The summed E-state index contributed by atoms with van der Waals surface area (Å²) < 4.78 is 6.61. The Hall–Kier alpha value is -2.12. The van der Waals surface area contributed by atoms with Gasteiger partial charge in [0, 0.05) is 4.47 Å². The van der Waals surface area contributed by atoms with Crippen LogP contribution >= 0.6 is 15.9 Å². The Kier molecular flexibility index (Phi) is 4.77. The second-order valence-electron chi connectivity index (χ2n) is 4.74. The van der Waals surface area contributed by atoms with Crippen LogP contribution in [-0.4, -0.2) is 5.78 Å². The van der Waals surface area contributed by atoms with Gasteiger partial charge in [0.05, 0.1) is 17.2 Å². The van der Waals surface area contributed by atoms with Crippen molar-refractivity contribution in [2.45, 2.75) is 20.5 Å². The Morgan fingerprint density at radius 3 is 2.67 bits per heavy atom. The number of aryl methyl sites for hydroxylation is 1. The summed E-state index contributed by atoms with van der Waals surface area (Å²) >= 11 is 3.35. The molecule has 0 saturated carbocycles. The molecule has 0 fully saturated rings. The normalized spacial score (nSPS) is 10.0. The summed E-state index contributed by atoms with van der Waals surface area (Å²) in [5.74, 6) is 0.525. The number of benzene rings is 2. The Morgan fingerprint density at radius 2 is 2.05 bits per heavy atom. The quantitative estimate of drug-likeness (QED) is 0.772. The zero-order chi connectivity index (χ0) is 15.4. The summed E-state index contributed by atoms with van der Waals surface area (Å²) in [5, 5.41) is 8.86. The van der Waals surface area contributed by atoms with Gasteiger partial charge in [-0.25, -0.2) is 0 Å². The maximum Gasteiger partial charge on any atom is 0.163 e. The van der Waals surface area contributed by atoms with E-state index in [9.17, 15) is 4.79 Å². The number of ketones is 1. The predicted molar refractivity (Wildman–Crippen MR) is 84.4 cm³/mol. The standard InChI is InChI=1S/C17H14BrNO2/c1-11-7-13(9-19)3-4-14(11)10-21-17-6-5-15(18)8-16(17)12(2)20/h3-8H,10H2,1-2H3. The molecule has 3 nitrogen and oxygen atoms in total. The molecular weight excluding hydrogens is 330 g/mol. The Balaban J connectivity index is 2.21. The monoisotopic (exact) mass is 343 g/mol. The fraction of sp³-hybridized carbons (Fsp3) is 0.176. The average molecular weight is 344 g/mol. The largest absolute Gasteiger partial charge is 0.488 e. The van der Waals surface area contributed by atoms with Gasteiger partial charge in [-0.2, -0.15) is 5.26 Å². The van der Waals surface area contributed by atoms with Crippen LogP contribution in [0.2, 0.25) is 0 Å². The predicted octanol–water partition coefficient (Wildman–Crippen LogP) is 4.41. The molecular formula is C17H14BrNO2. The first-order chi connectivity index (χ1) is 10.0. The lowest BCUT2D eigenvalue weighted by Gasteiger charge is -2.12. The molecule has 0 saturated heterocycles. The third-order valence-corrected chi connectivity index (χ3v) is 3.67. The molecule has 0 atom stereocenters. The lowest BCUT2D eigenvalue weighted by molar-refractivity contribution is 0.101. The first-order valence-electron chi connectivity index (χ1n) is 6.44. The molecule has 0 heterocycles. The fourth-order valence-corrected chi connectivity index (χ4v) is 2.35. The fourth-order valence-electron chi connectivity index (χ4n) is 1.99. The maximum absolute atomic E-state index is 11.6. The average Bonchev–Trinajstić information content (AvgIpc) is 2.46. The summed E-state index contributed by atoms with van der Waals surface area (Å²) in [6, 6.07) is 12.9. The van der Waals surface area contributed by atoms with Gasteiger partial charge in [0.1, 0.15) is 12.4 Å². The molecule has 0 aliphatic rings. The summed E-state index contributed by atoms with van der Waals surface area (Å²) in [6.45, 7) is 3.81. The van der Waals surface area contributed by atoms with Gasteiger partial charge in [-0.15, -0.1) is 0 Å². The molecule has 0 aliphatic carbocycles. The van der Waals surface area contributed by atoms with E-state index in [1.807, 2.05) is 25.1 Å². The van der Waals surface area contributed by atoms with Crippen LogP contribution in [0.1, 0.15) is 34.0 Å². The molecule has 0 spiro atoms. The van der Waals surface area contributed by atoms with Crippen molar-refractivity contribution in [3.8, 4) is 11.8 Å². The van der Waals surface area contributed by atoms with Crippen LogP contribution in [0.5, 0.6) is 5.75 Å². The SMILES string of the molecule is CC(=O)c1cc(Br)ccc1OCc1ccc(C#N)cc1C. The highest BCUT2D eigenvalue weighted by molar-refractivity contribution is 9.10. The van der Waals surface area contributed by atoms with Crippen molar-refractivity contribution >= 4 is 21.7 Å².